The molecule has 1 aromatic carbocycles. The first kappa shape index (κ1) is 14.2. The van der Waals surface area contributed by atoms with Gasteiger partial charge in [-0.2, -0.15) is 0 Å². The highest BCUT2D eigenvalue weighted by Gasteiger charge is 2.17. The molecule has 0 saturated carbocycles. The second-order valence-corrected chi connectivity index (χ2v) is 7.60. The van der Waals surface area contributed by atoms with Gasteiger partial charge in [0.2, 0.25) is 0 Å². The molecule has 20 heavy (non-hydrogen) atoms. The number of alkyl halides is 1. The molecule has 3 rings (SSSR count). The third-order valence-electron chi connectivity index (χ3n) is 3.87. The van der Waals surface area contributed by atoms with Crippen LogP contribution in [0, 0.1) is 0 Å². The molecule has 0 fully saturated rings. The Balaban J connectivity index is 1.75. The van der Waals surface area contributed by atoms with E-state index in [1.54, 1.807) is 17.6 Å². The van der Waals surface area contributed by atoms with Crippen LogP contribution in [-0.4, -0.2) is 7.11 Å². The summed E-state index contributed by atoms with van der Waals surface area (Å²) in [6.07, 6.45) is 6.27. The summed E-state index contributed by atoms with van der Waals surface area (Å²) < 4.78 is 5.30. The van der Waals surface area contributed by atoms with E-state index < -0.39 is 0 Å². The van der Waals surface area contributed by atoms with Gasteiger partial charge >= 0.3 is 0 Å². The lowest BCUT2D eigenvalue weighted by Crippen LogP contribution is -1.96. The number of benzene rings is 1. The second kappa shape index (κ2) is 6.31. The van der Waals surface area contributed by atoms with Gasteiger partial charge in [0.25, 0.3) is 0 Å². The minimum absolute atomic E-state index is 0.408. The zero-order valence-corrected chi connectivity index (χ0v) is 14.1. The van der Waals surface area contributed by atoms with E-state index in [-0.39, 0.29) is 0 Å². The lowest BCUT2D eigenvalue weighted by Gasteiger charge is -2.09. The minimum Gasteiger partial charge on any atom is -0.497 e. The fraction of sp³-hybridized carbons (Fsp3) is 0.412. The maximum Gasteiger partial charge on any atom is 0.119 e. The van der Waals surface area contributed by atoms with Crippen molar-refractivity contribution in [1.82, 2.24) is 0 Å². The molecule has 0 aliphatic heterocycles. The number of thiophene rings is 1. The van der Waals surface area contributed by atoms with Crippen LogP contribution in [0.25, 0.3) is 0 Å². The summed E-state index contributed by atoms with van der Waals surface area (Å²) in [7, 11) is 1.72. The molecular weight excluding hydrogens is 332 g/mol. The predicted molar refractivity (Wildman–Crippen MR) is 89.3 cm³/mol. The highest BCUT2D eigenvalue weighted by molar-refractivity contribution is 9.09. The topological polar surface area (TPSA) is 9.23 Å². The van der Waals surface area contributed by atoms with Crippen molar-refractivity contribution >= 4 is 27.3 Å². The molecular formula is C17H19BrOS. The molecule has 2 aromatic rings. The normalized spacial score (nSPS) is 15.7. The molecule has 0 spiro atoms. The van der Waals surface area contributed by atoms with E-state index >= 15 is 0 Å². The van der Waals surface area contributed by atoms with E-state index in [9.17, 15) is 0 Å². The van der Waals surface area contributed by atoms with Crippen molar-refractivity contribution < 1.29 is 4.74 Å². The number of hydrogen-bond donors (Lipinski definition) is 0. The average Bonchev–Trinajstić information content (AvgIpc) is 2.91. The first-order chi connectivity index (χ1) is 9.76. The van der Waals surface area contributed by atoms with Crippen LogP contribution in [0.1, 0.15) is 38.6 Å². The van der Waals surface area contributed by atoms with Gasteiger partial charge in [-0.3, -0.25) is 0 Å². The van der Waals surface area contributed by atoms with Crippen LogP contribution in [0.3, 0.4) is 0 Å². The molecule has 106 valence electrons. The van der Waals surface area contributed by atoms with Gasteiger partial charge in [0.1, 0.15) is 5.75 Å². The summed E-state index contributed by atoms with van der Waals surface area (Å²) in [5, 5.41) is 0. The van der Waals surface area contributed by atoms with Gasteiger partial charge in [-0.15, -0.1) is 11.3 Å². The van der Waals surface area contributed by atoms with Crippen LogP contribution >= 0.6 is 27.3 Å². The Morgan fingerprint density at radius 3 is 2.90 bits per heavy atom. The van der Waals surface area contributed by atoms with Crippen molar-refractivity contribution in [2.24, 2.45) is 0 Å². The number of fused-ring (bicyclic) bond motifs is 1. The van der Waals surface area contributed by atoms with Crippen LogP contribution in [0.2, 0.25) is 0 Å². The smallest absolute Gasteiger partial charge is 0.119 e. The van der Waals surface area contributed by atoms with Crippen LogP contribution in [-0.2, 0) is 19.3 Å². The van der Waals surface area contributed by atoms with E-state index in [0.29, 0.717) is 4.83 Å². The molecule has 1 aliphatic rings. The van der Waals surface area contributed by atoms with Gasteiger partial charge in [-0.1, -0.05) is 28.1 Å². The lowest BCUT2D eigenvalue weighted by molar-refractivity contribution is 0.414. The van der Waals surface area contributed by atoms with Gasteiger partial charge in [0, 0.05) is 9.75 Å². The summed E-state index contributed by atoms with van der Waals surface area (Å²) in [6.45, 7) is 0. The Labute approximate surface area is 133 Å². The second-order valence-electron chi connectivity index (χ2n) is 5.33. The zero-order chi connectivity index (χ0) is 13.9. The SMILES string of the molecule is COc1cccc(CC(Br)c2cc3c(s2)CCCC3)c1. The van der Waals surface area contributed by atoms with Crippen LogP contribution < -0.4 is 4.74 Å². The van der Waals surface area contributed by atoms with Gasteiger partial charge in [-0.05, 0) is 61.4 Å². The van der Waals surface area contributed by atoms with Crippen LogP contribution in [0.5, 0.6) is 5.75 Å². The van der Waals surface area contributed by atoms with Crippen molar-refractivity contribution in [2.45, 2.75) is 36.9 Å². The Kier molecular flexibility index (Phi) is 4.47. The fourth-order valence-corrected chi connectivity index (χ4v) is 4.80. The van der Waals surface area contributed by atoms with Crippen molar-refractivity contribution in [3.63, 3.8) is 0 Å². The molecule has 0 bridgehead atoms. The number of aryl methyl sites for hydroxylation is 2. The number of halogens is 1. The number of hydrogen-bond acceptors (Lipinski definition) is 2. The molecule has 0 amide bonds. The molecule has 1 heterocycles. The first-order valence-corrected chi connectivity index (χ1v) is 8.88. The molecule has 3 heteroatoms. The number of methoxy groups -OCH3 is 1. The third kappa shape index (κ3) is 3.09. The standard InChI is InChI=1S/C17H19BrOS/c1-19-14-7-4-5-12(9-14)10-15(18)17-11-13-6-2-3-8-16(13)20-17/h4-5,7,9,11,15H,2-3,6,8,10H2,1H3. The zero-order valence-electron chi connectivity index (χ0n) is 11.7. The lowest BCUT2D eigenvalue weighted by atomic mass is 9.99. The van der Waals surface area contributed by atoms with Gasteiger partial charge in [0.05, 0.1) is 11.9 Å². The quantitative estimate of drug-likeness (QED) is 0.678. The van der Waals surface area contributed by atoms with E-state index in [0.717, 1.165) is 12.2 Å². The molecule has 1 nitrogen and oxygen atoms in total. The molecule has 1 aromatic heterocycles. The third-order valence-corrected chi connectivity index (χ3v) is 6.34. The molecule has 0 radical (unpaired) electrons. The summed E-state index contributed by atoms with van der Waals surface area (Å²) in [5.74, 6) is 0.938. The van der Waals surface area contributed by atoms with Crippen LogP contribution in [0.4, 0.5) is 0 Å². The maximum absolute atomic E-state index is 5.30. The van der Waals surface area contributed by atoms with Gasteiger partial charge in [0.15, 0.2) is 0 Å². The summed E-state index contributed by atoms with van der Waals surface area (Å²) in [4.78, 5) is 3.49. The molecule has 0 N–H and O–H groups in total. The summed E-state index contributed by atoms with van der Waals surface area (Å²) >= 11 is 5.86. The predicted octanol–water partition coefficient (Wildman–Crippen LogP) is 5.31. The molecule has 0 saturated heterocycles. The first-order valence-electron chi connectivity index (χ1n) is 7.15. The fourth-order valence-electron chi connectivity index (χ4n) is 2.77. The monoisotopic (exact) mass is 350 g/mol. The van der Waals surface area contributed by atoms with E-state index in [1.807, 2.05) is 17.4 Å². The summed E-state index contributed by atoms with van der Waals surface area (Å²) in [6, 6.07) is 10.8. The maximum atomic E-state index is 5.30. The Bertz CT molecular complexity index is 567. The average molecular weight is 351 g/mol. The summed E-state index contributed by atoms with van der Waals surface area (Å²) in [5.41, 5.74) is 2.91. The van der Waals surface area contributed by atoms with E-state index in [1.165, 1.54) is 36.1 Å². The van der Waals surface area contributed by atoms with Crippen molar-refractivity contribution in [3.05, 3.63) is 51.2 Å². The van der Waals surface area contributed by atoms with Gasteiger partial charge in [-0.25, -0.2) is 0 Å². The number of rotatable bonds is 4. The molecule has 1 atom stereocenters. The van der Waals surface area contributed by atoms with Crippen molar-refractivity contribution in [2.75, 3.05) is 7.11 Å². The highest BCUT2D eigenvalue weighted by Crippen LogP contribution is 2.37. The van der Waals surface area contributed by atoms with Crippen molar-refractivity contribution in [3.8, 4) is 5.75 Å². The van der Waals surface area contributed by atoms with Crippen LogP contribution in [0.15, 0.2) is 30.3 Å². The Morgan fingerprint density at radius 1 is 1.25 bits per heavy atom. The van der Waals surface area contributed by atoms with Crippen molar-refractivity contribution in [1.29, 1.82) is 0 Å². The molecule has 1 unspecified atom stereocenters. The number of ether oxygens (including phenoxy) is 1. The Hall–Kier alpha value is -0.800. The molecule has 1 aliphatic carbocycles. The van der Waals surface area contributed by atoms with E-state index in [2.05, 4.69) is 40.2 Å². The minimum atomic E-state index is 0.408. The largest absolute Gasteiger partial charge is 0.497 e. The van der Waals surface area contributed by atoms with Gasteiger partial charge < -0.3 is 4.74 Å². The highest BCUT2D eigenvalue weighted by atomic mass is 79.9. The Morgan fingerprint density at radius 2 is 2.10 bits per heavy atom. The van der Waals surface area contributed by atoms with E-state index in [4.69, 9.17) is 4.74 Å².